The number of hydrogen-bond acceptors (Lipinski definition) is 8. The number of nitrogens with one attached hydrogen (secondary N) is 2. The largest absolute Gasteiger partial charge is 0.469 e. The number of pyridine rings is 1. The molecule has 2 heterocycles. The van der Waals surface area contributed by atoms with Gasteiger partial charge < -0.3 is 4.42 Å². The lowest BCUT2D eigenvalue weighted by Crippen LogP contribution is -2.30. The number of fused-ring (bicyclic) bond motifs is 1. The summed E-state index contributed by atoms with van der Waals surface area (Å²) in [6, 6.07) is 5.14. The first-order chi connectivity index (χ1) is 12.4. The Balaban J connectivity index is 2.07. The second-order valence-electron chi connectivity index (χ2n) is 5.17. The second kappa shape index (κ2) is 6.47. The van der Waals surface area contributed by atoms with E-state index in [-0.39, 0.29) is 22.2 Å². The number of anilines is 1. The Morgan fingerprint density at radius 1 is 1.19 bits per heavy atom. The van der Waals surface area contributed by atoms with Gasteiger partial charge in [-0.05, 0) is 25.1 Å². The summed E-state index contributed by atoms with van der Waals surface area (Å²) in [4.78, 5) is 37.2. The van der Waals surface area contributed by atoms with E-state index in [2.05, 4.69) is 15.8 Å². The monoisotopic (exact) mass is 357 g/mol. The van der Waals surface area contributed by atoms with Crippen LogP contribution >= 0.6 is 0 Å². The van der Waals surface area contributed by atoms with Crippen LogP contribution in [-0.2, 0) is 0 Å². The highest BCUT2D eigenvalue weighted by atomic mass is 16.6. The fraction of sp³-hybridized carbons (Fsp3) is 0.0667. The SMILES string of the molecule is Cc1occc1C(=O)NNc1c([N+](=O)[O-])cc([N+](=O)[O-])c2cccnc12. The van der Waals surface area contributed by atoms with Crippen molar-refractivity contribution in [2.75, 3.05) is 5.43 Å². The van der Waals surface area contributed by atoms with Crippen molar-refractivity contribution >= 4 is 33.9 Å². The number of non-ortho nitro benzene ring substituents is 1. The van der Waals surface area contributed by atoms with E-state index in [1.165, 1.54) is 30.7 Å². The van der Waals surface area contributed by atoms with Crippen LogP contribution in [0.1, 0.15) is 16.1 Å². The Bertz CT molecular complexity index is 1040. The number of nitro groups is 2. The topological polar surface area (TPSA) is 153 Å². The molecule has 11 heteroatoms. The number of carbonyl (C=O) groups is 1. The molecule has 0 saturated carbocycles. The van der Waals surface area contributed by atoms with Gasteiger partial charge in [-0.15, -0.1) is 0 Å². The predicted molar refractivity (Wildman–Crippen MR) is 89.6 cm³/mol. The fourth-order valence-electron chi connectivity index (χ4n) is 2.44. The van der Waals surface area contributed by atoms with Crippen molar-refractivity contribution in [2.45, 2.75) is 6.92 Å². The Labute approximate surface area is 144 Å². The van der Waals surface area contributed by atoms with E-state index in [0.717, 1.165) is 6.07 Å². The van der Waals surface area contributed by atoms with E-state index in [9.17, 15) is 25.0 Å². The molecule has 132 valence electrons. The summed E-state index contributed by atoms with van der Waals surface area (Å²) in [5.74, 6) is -0.224. The lowest BCUT2D eigenvalue weighted by Gasteiger charge is -2.11. The predicted octanol–water partition coefficient (Wildman–Crippen LogP) is 2.71. The van der Waals surface area contributed by atoms with Crippen molar-refractivity contribution in [3.8, 4) is 0 Å². The molecule has 26 heavy (non-hydrogen) atoms. The standard InChI is InChI=1S/C15H11N5O6/c1-8-9(4-6-26-8)15(21)18-17-14-12(20(24)25)7-11(19(22)23)10-3-2-5-16-13(10)14/h2-7,17H,1H3,(H,18,21). The van der Waals surface area contributed by atoms with Gasteiger partial charge in [0.05, 0.1) is 33.1 Å². The smallest absolute Gasteiger partial charge is 0.303 e. The molecule has 0 aliphatic rings. The van der Waals surface area contributed by atoms with Crippen molar-refractivity contribution in [1.29, 1.82) is 0 Å². The normalized spacial score (nSPS) is 10.5. The van der Waals surface area contributed by atoms with Gasteiger partial charge in [-0.2, -0.15) is 0 Å². The second-order valence-corrected chi connectivity index (χ2v) is 5.17. The number of nitro benzene ring substituents is 2. The summed E-state index contributed by atoms with van der Waals surface area (Å²) in [6.45, 7) is 1.58. The number of benzene rings is 1. The molecule has 0 saturated heterocycles. The third-order valence-corrected chi connectivity index (χ3v) is 3.65. The van der Waals surface area contributed by atoms with Crippen LogP contribution in [0, 0.1) is 27.2 Å². The molecule has 0 aliphatic heterocycles. The highest BCUT2D eigenvalue weighted by Crippen LogP contribution is 2.37. The zero-order chi connectivity index (χ0) is 18.8. The van der Waals surface area contributed by atoms with Crippen molar-refractivity contribution in [1.82, 2.24) is 10.4 Å². The van der Waals surface area contributed by atoms with E-state index in [1.807, 2.05) is 0 Å². The first-order valence-corrected chi connectivity index (χ1v) is 7.21. The van der Waals surface area contributed by atoms with Crippen LogP contribution in [0.5, 0.6) is 0 Å². The molecule has 0 radical (unpaired) electrons. The average molecular weight is 357 g/mol. The fourth-order valence-corrected chi connectivity index (χ4v) is 2.44. The first-order valence-electron chi connectivity index (χ1n) is 7.21. The number of amides is 1. The maximum atomic E-state index is 12.2. The number of carbonyl (C=O) groups excluding carboxylic acids is 1. The quantitative estimate of drug-likeness (QED) is 0.522. The molecule has 3 rings (SSSR count). The molecule has 3 aromatic rings. The minimum Gasteiger partial charge on any atom is -0.469 e. The van der Waals surface area contributed by atoms with Crippen LogP contribution in [0.2, 0.25) is 0 Å². The summed E-state index contributed by atoms with van der Waals surface area (Å²) >= 11 is 0. The number of nitrogens with zero attached hydrogens (tertiary/aromatic N) is 3. The Morgan fingerprint density at radius 3 is 2.54 bits per heavy atom. The van der Waals surface area contributed by atoms with Gasteiger partial charge in [0.1, 0.15) is 11.3 Å². The molecule has 0 aliphatic carbocycles. The minimum atomic E-state index is -0.793. The molecule has 11 nitrogen and oxygen atoms in total. The summed E-state index contributed by atoms with van der Waals surface area (Å²) < 4.78 is 5.03. The Kier molecular flexibility index (Phi) is 4.19. The van der Waals surface area contributed by atoms with Crippen LogP contribution in [0.4, 0.5) is 17.1 Å². The molecule has 0 fully saturated rings. The number of hydrazine groups is 1. The Morgan fingerprint density at radius 2 is 1.92 bits per heavy atom. The average Bonchev–Trinajstić information content (AvgIpc) is 3.04. The van der Waals surface area contributed by atoms with E-state index in [0.29, 0.717) is 5.76 Å². The van der Waals surface area contributed by atoms with Gasteiger partial charge >= 0.3 is 5.69 Å². The zero-order valence-electron chi connectivity index (χ0n) is 13.3. The molecule has 0 atom stereocenters. The van der Waals surface area contributed by atoms with Crippen LogP contribution in [0.25, 0.3) is 10.9 Å². The molecule has 2 aromatic heterocycles. The molecule has 0 spiro atoms. The van der Waals surface area contributed by atoms with Crippen LogP contribution in [0.3, 0.4) is 0 Å². The van der Waals surface area contributed by atoms with Gasteiger partial charge in [0.2, 0.25) is 0 Å². The molecular formula is C15H11N5O6. The van der Waals surface area contributed by atoms with Gasteiger partial charge in [-0.3, -0.25) is 40.9 Å². The van der Waals surface area contributed by atoms with Crippen LogP contribution in [-0.4, -0.2) is 20.7 Å². The lowest BCUT2D eigenvalue weighted by molar-refractivity contribution is -0.392. The van der Waals surface area contributed by atoms with E-state index in [1.54, 1.807) is 6.92 Å². The van der Waals surface area contributed by atoms with Gasteiger partial charge in [-0.25, -0.2) is 0 Å². The third kappa shape index (κ3) is 2.88. The highest BCUT2D eigenvalue weighted by molar-refractivity contribution is 6.02. The van der Waals surface area contributed by atoms with Gasteiger partial charge in [0.15, 0.2) is 5.69 Å². The van der Waals surface area contributed by atoms with E-state index < -0.39 is 27.1 Å². The number of furan rings is 1. The summed E-state index contributed by atoms with van der Waals surface area (Å²) in [5.41, 5.74) is 3.78. The number of aryl methyl sites for hydroxylation is 1. The summed E-state index contributed by atoms with van der Waals surface area (Å²) in [6.07, 6.45) is 2.67. The summed E-state index contributed by atoms with van der Waals surface area (Å²) in [5, 5.41) is 22.7. The third-order valence-electron chi connectivity index (χ3n) is 3.65. The van der Waals surface area contributed by atoms with Gasteiger partial charge in [0, 0.05) is 6.20 Å². The lowest BCUT2D eigenvalue weighted by atomic mass is 10.1. The molecule has 1 amide bonds. The zero-order valence-corrected chi connectivity index (χ0v) is 13.3. The maximum Gasteiger partial charge on any atom is 0.303 e. The van der Waals surface area contributed by atoms with Gasteiger partial charge in [0.25, 0.3) is 11.6 Å². The first kappa shape index (κ1) is 16.8. The number of aromatic nitrogens is 1. The maximum absolute atomic E-state index is 12.2. The van der Waals surface area contributed by atoms with Crippen molar-refractivity contribution in [3.63, 3.8) is 0 Å². The summed E-state index contributed by atoms with van der Waals surface area (Å²) in [7, 11) is 0. The molecule has 0 unspecified atom stereocenters. The highest BCUT2D eigenvalue weighted by Gasteiger charge is 2.27. The van der Waals surface area contributed by atoms with Crippen LogP contribution in [0.15, 0.2) is 41.1 Å². The van der Waals surface area contributed by atoms with Crippen molar-refractivity contribution in [2.24, 2.45) is 0 Å². The van der Waals surface area contributed by atoms with Gasteiger partial charge in [-0.1, -0.05) is 0 Å². The van der Waals surface area contributed by atoms with Crippen molar-refractivity contribution < 1.29 is 19.1 Å². The van der Waals surface area contributed by atoms with Crippen LogP contribution < -0.4 is 10.9 Å². The minimum absolute atomic E-state index is 0.0161. The molecule has 2 N–H and O–H groups in total. The molecule has 0 bridgehead atoms. The van der Waals surface area contributed by atoms with Crippen molar-refractivity contribution in [3.05, 3.63) is 68.3 Å². The molecule has 1 aromatic carbocycles. The van der Waals surface area contributed by atoms with E-state index in [4.69, 9.17) is 4.42 Å². The number of rotatable bonds is 5. The molecular weight excluding hydrogens is 346 g/mol. The Hall–Kier alpha value is -4.02. The number of hydrogen-bond donors (Lipinski definition) is 2. The van der Waals surface area contributed by atoms with E-state index >= 15 is 0 Å².